The number of likely N-dealkylation sites (tertiary alicyclic amines) is 1. The number of para-hydroxylation sites is 1. The number of hydrogen-bond donors (Lipinski definition) is 5. The van der Waals surface area contributed by atoms with Crippen LogP contribution in [0, 0.1) is 28.6 Å². The Morgan fingerprint density at radius 3 is 2.26 bits per heavy atom. The number of carbonyl (C=O) groups excluding carboxylic acids is 5. The number of nitrogens with two attached hydrogens (primary N) is 1. The second kappa shape index (κ2) is 12.5. The molecule has 5 atom stereocenters. The van der Waals surface area contributed by atoms with Crippen LogP contribution in [0.25, 0.3) is 0 Å². The molecule has 6 N–H and O–H groups in total. The quantitative estimate of drug-likeness (QED) is 0.233. The highest BCUT2D eigenvalue weighted by molar-refractivity contribution is 6.37. The minimum Gasteiger partial charge on any atom is -0.508 e. The third-order valence-corrected chi connectivity index (χ3v) is 11.0. The van der Waals surface area contributed by atoms with Crippen molar-refractivity contribution in [2.24, 2.45) is 34.3 Å². The maximum atomic E-state index is 14.4. The van der Waals surface area contributed by atoms with Crippen molar-refractivity contribution >= 4 is 29.5 Å². The Kier molecular flexibility index (Phi) is 9.18. The summed E-state index contributed by atoms with van der Waals surface area (Å²) in [6.45, 7) is 10.1. The minimum atomic E-state index is -1.09. The highest BCUT2D eigenvalue weighted by atomic mass is 16.3. The molecule has 1 aliphatic heterocycles. The van der Waals surface area contributed by atoms with Gasteiger partial charge in [0, 0.05) is 12.1 Å². The first-order valence-electron chi connectivity index (χ1n) is 16.8. The Labute approximate surface area is 271 Å². The number of amides is 5. The number of urea groups is 1. The summed E-state index contributed by atoms with van der Waals surface area (Å²) in [5.41, 5.74) is 4.64. The number of Topliss-reactive ketones (excluding diaryl/α,β-unsaturated/α-hetero) is 1. The Balaban J connectivity index is 1.34. The van der Waals surface area contributed by atoms with Crippen LogP contribution < -0.4 is 21.7 Å². The molecule has 3 saturated carbocycles. The van der Waals surface area contributed by atoms with Crippen LogP contribution in [0.2, 0.25) is 0 Å². The zero-order valence-electron chi connectivity index (χ0n) is 27.9. The zero-order chi connectivity index (χ0) is 33.6. The summed E-state index contributed by atoms with van der Waals surface area (Å²) in [6, 6.07) is 3.88. The molecule has 1 aromatic carbocycles. The van der Waals surface area contributed by atoms with E-state index in [0.29, 0.717) is 19.4 Å². The van der Waals surface area contributed by atoms with Crippen LogP contribution in [-0.2, 0) is 25.6 Å². The third kappa shape index (κ3) is 7.03. The number of benzene rings is 1. The standard InChI is InChI=1S/C35H51N5O6/c1-33(2,3)28(38-32(46)39-35(15-9-6-10-16-35)18-21-11-7-8-12-24(21)41)31(45)40-19-22-25(34(22,4)5)26(40)30(44)37-23(17-20-13-14-20)27(42)29(36)43/h7-8,11-12,20,22-23,25-26,28,41H,6,9-10,13-19H2,1-5H3,(H2,36,43)(H,37,44)(H2,38,39,46)/t22?,23?,25-,26-,28+/m0/s1. The van der Waals surface area contributed by atoms with Crippen LogP contribution in [0.15, 0.2) is 24.3 Å². The van der Waals surface area contributed by atoms with Crippen molar-refractivity contribution in [1.29, 1.82) is 0 Å². The first-order chi connectivity index (χ1) is 21.5. The summed E-state index contributed by atoms with van der Waals surface area (Å²) in [5, 5.41) is 19.4. The van der Waals surface area contributed by atoms with E-state index in [2.05, 4.69) is 29.8 Å². The Bertz CT molecular complexity index is 1380. The van der Waals surface area contributed by atoms with Gasteiger partial charge in [0.15, 0.2) is 0 Å². The molecule has 0 aromatic heterocycles. The van der Waals surface area contributed by atoms with Crippen molar-refractivity contribution in [3.8, 4) is 5.75 Å². The molecule has 4 fully saturated rings. The number of fused-ring (bicyclic) bond motifs is 1. The number of rotatable bonds is 11. The number of ketones is 1. The molecule has 46 heavy (non-hydrogen) atoms. The summed E-state index contributed by atoms with van der Waals surface area (Å²) in [6.07, 6.45) is 7.14. The van der Waals surface area contributed by atoms with Crippen molar-refractivity contribution < 1.29 is 29.1 Å². The SMILES string of the molecule is CC(C)(C)[C@H](NC(=O)NC1(Cc2ccccc2O)CCCCC1)C(=O)N1CC2[C@@H]([C@H]1C(=O)NC(CC1CC1)C(=O)C(N)=O)C2(C)C. The van der Waals surface area contributed by atoms with Crippen molar-refractivity contribution in [1.82, 2.24) is 20.9 Å². The summed E-state index contributed by atoms with van der Waals surface area (Å²) < 4.78 is 0. The van der Waals surface area contributed by atoms with Crippen molar-refractivity contribution in [3.05, 3.63) is 29.8 Å². The highest BCUT2D eigenvalue weighted by Crippen LogP contribution is 2.65. The van der Waals surface area contributed by atoms with Crippen LogP contribution in [0.5, 0.6) is 5.75 Å². The molecule has 5 amide bonds. The Morgan fingerprint density at radius 1 is 1.02 bits per heavy atom. The van der Waals surface area contributed by atoms with E-state index in [1.54, 1.807) is 17.0 Å². The minimum absolute atomic E-state index is 0.0967. The molecule has 1 heterocycles. The number of phenolic OH excluding ortho intramolecular Hbond substituents is 1. The maximum Gasteiger partial charge on any atom is 0.315 e. The number of nitrogens with one attached hydrogen (secondary N) is 3. The molecule has 0 radical (unpaired) electrons. The van der Waals surface area contributed by atoms with Gasteiger partial charge in [-0.3, -0.25) is 19.2 Å². The smallest absolute Gasteiger partial charge is 0.315 e. The topological polar surface area (TPSA) is 171 Å². The molecule has 1 aromatic rings. The molecular formula is C35H51N5O6. The maximum absolute atomic E-state index is 14.4. The fourth-order valence-corrected chi connectivity index (χ4v) is 7.98. The molecule has 11 heteroatoms. The molecule has 0 bridgehead atoms. The van der Waals surface area contributed by atoms with Gasteiger partial charge in [-0.25, -0.2) is 4.79 Å². The largest absolute Gasteiger partial charge is 0.508 e. The monoisotopic (exact) mass is 637 g/mol. The Hall–Kier alpha value is -3.63. The van der Waals surface area contributed by atoms with Crippen molar-refractivity contribution in [2.45, 2.75) is 116 Å². The first-order valence-corrected chi connectivity index (χ1v) is 16.8. The Morgan fingerprint density at radius 2 is 1.67 bits per heavy atom. The van der Waals surface area contributed by atoms with Gasteiger partial charge in [0.05, 0.1) is 6.04 Å². The predicted octanol–water partition coefficient (Wildman–Crippen LogP) is 3.17. The molecule has 4 aliphatic rings. The number of hydrogen-bond acceptors (Lipinski definition) is 6. The summed E-state index contributed by atoms with van der Waals surface area (Å²) in [4.78, 5) is 68.0. The fourth-order valence-electron chi connectivity index (χ4n) is 7.98. The molecule has 3 aliphatic carbocycles. The van der Waals surface area contributed by atoms with Gasteiger partial charge in [-0.05, 0) is 65.9 Å². The molecule has 1 saturated heterocycles. The number of piperidine rings is 1. The van der Waals surface area contributed by atoms with E-state index in [0.717, 1.165) is 50.5 Å². The number of nitrogens with zero attached hydrogens (tertiary/aromatic N) is 1. The summed E-state index contributed by atoms with van der Waals surface area (Å²) >= 11 is 0. The lowest BCUT2D eigenvalue weighted by atomic mass is 9.77. The van der Waals surface area contributed by atoms with E-state index < -0.39 is 52.7 Å². The average molecular weight is 638 g/mol. The van der Waals surface area contributed by atoms with E-state index >= 15 is 0 Å². The molecule has 2 unspecified atom stereocenters. The van der Waals surface area contributed by atoms with E-state index in [1.165, 1.54) is 0 Å². The molecule has 5 rings (SSSR count). The van der Waals surface area contributed by atoms with E-state index in [9.17, 15) is 29.1 Å². The van der Waals surface area contributed by atoms with Crippen LogP contribution in [0.3, 0.4) is 0 Å². The van der Waals surface area contributed by atoms with Gasteiger partial charge in [-0.15, -0.1) is 0 Å². The molecular weight excluding hydrogens is 586 g/mol. The van der Waals surface area contributed by atoms with Crippen molar-refractivity contribution in [2.75, 3.05) is 6.54 Å². The van der Waals surface area contributed by atoms with Gasteiger partial charge in [0.2, 0.25) is 17.6 Å². The van der Waals surface area contributed by atoms with Gasteiger partial charge in [-0.1, -0.05) is 84.9 Å². The lowest BCUT2D eigenvalue weighted by molar-refractivity contribution is -0.145. The molecule has 0 spiro atoms. The highest BCUT2D eigenvalue weighted by Gasteiger charge is 2.70. The van der Waals surface area contributed by atoms with E-state index in [-0.39, 0.29) is 34.8 Å². The van der Waals surface area contributed by atoms with Gasteiger partial charge in [0.25, 0.3) is 5.91 Å². The predicted molar refractivity (Wildman–Crippen MR) is 172 cm³/mol. The summed E-state index contributed by atoms with van der Waals surface area (Å²) in [5.74, 6) is -2.30. The van der Waals surface area contributed by atoms with Crippen LogP contribution in [0.4, 0.5) is 4.79 Å². The zero-order valence-corrected chi connectivity index (χ0v) is 27.9. The number of aromatic hydroxyl groups is 1. The average Bonchev–Trinajstić information content (AvgIpc) is 3.83. The fraction of sp³-hybridized carbons (Fsp3) is 0.686. The van der Waals surface area contributed by atoms with Gasteiger partial charge < -0.3 is 31.7 Å². The molecule has 11 nitrogen and oxygen atoms in total. The van der Waals surface area contributed by atoms with Crippen molar-refractivity contribution in [3.63, 3.8) is 0 Å². The number of primary amides is 1. The van der Waals surface area contributed by atoms with Gasteiger partial charge in [0.1, 0.15) is 17.8 Å². The molecule has 252 valence electrons. The first kappa shape index (κ1) is 33.7. The normalized spacial score (nSPS) is 25.8. The number of carbonyl (C=O) groups is 5. The van der Waals surface area contributed by atoms with Crippen LogP contribution in [-0.4, -0.2) is 69.8 Å². The van der Waals surface area contributed by atoms with Crippen LogP contribution in [0.1, 0.15) is 91.5 Å². The lowest BCUT2D eigenvalue weighted by Crippen LogP contribution is -2.63. The number of phenols is 1. The lowest BCUT2D eigenvalue weighted by Gasteiger charge is -2.41. The van der Waals surface area contributed by atoms with Crippen LogP contribution >= 0.6 is 0 Å². The van der Waals surface area contributed by atoms with Gasteiger partial charge >= 0.3 is 6.03 Å². The second-order valence-corrected chi connectivity index (χ2v) is 15.9. The third-order valence-electron chi connectivity index (χ3n) is 11.0. The van der Waals surface area contributed by atoms with E-state index in [4.69, 9.17) is 5.73 Å². The second-order valence-electron chi connectivity index (χ2n) is 15.9. The summed E-state index contributed by atoms with van der Waals surface area (Å²) in [7, 11) is 0. The van der Waals surface area contributed by atoms with E-state index in [1.807, 2.05) is 32.9 Å². The van der Waals surface area contributed by atoms with Gasteiger partial charge in [-0.2, -0.15) is 0 Å².